The normalized spacial score (nSPS) is 14.7. The van der Waals surface area contributed by atoms with Crippen molar-refractivity contribution in [2.45, 2.75) is 19.0 Å². The van der Waals surface area contributed by atoms with Crippen molar-refractivity contribution in [3.05, 3.63) is 39.4 Å². The number of carboxylic acids is 1. The van der Waals surface area contributed by atoms with Gasteiger partial charge in [-0.1, -0.05) is 6.07 Å². The Balaban J connectivity index is 2.41. The van der Waals surface area contributed by atoms with Crippen LogP contribution in [0.4, 0.5) is 5.69 Å². The molecule has 1 heterocycles. The number of hydrogen-bond donors (Lipinski definition) is 2. The number of carboxylic acid groups (broad SMARTS) is 1. The van der Waals surface area contributed by atoms with Crippen LogP contribution in [-0.2, 0) is 16.1 Å². The van der Waals surface area contributed by atoms with E-state index in [2.05, 4.69) is 0 Å². The third-order valence-electron chi connectivity index (χ3n) is 3.22. The lowest BCUT2D eigenvalue weighted by Crippen LogP contribution is -2.43. The summed E-state index contributed by atoms with van der Waals surface area (Å²) in [6.07, 6.45) is -0.553. The topological polar surface area (TPSA) is 144 Å². The van der Waals surface area contributed by atoms with Gasteiger partial charge in [-0.3, -0.25) is 19.7 Å². The Morgan fingerprint density at radius 2 is 2.14 bits per heavy atom. The molecule has 0 saturated heterocycles. The van der Waals surface area contributed by atoms with Gasteiger partial charge in [0.25, 0.3) is 11.6 Å². The summed E-state index contributed by atoms with van der Waals surface area (Å²) in [5, 5.41) is 20.1. The number of carbonyl (C=O) groups excluding carboxylic acids is 2. The Morgan fingerprint density at radius 1 is 1.48 bits per heavy atom. The van der Waals surface area contributed by atoms with Gasteiger partial charge in [-0.2, -0.15) is 0 Å². The number of nitrogens with two attached hydrogens (primary N) is 1. The molecule has 0 aromatic heterocycles. The highest BCUT2D eigenvalue weighted by molar-refractivity contribution is 6.02. The Kier molecular flexibility index (Phi) is 3.57. The predicted octanol–water partition coefficient (Wildman–Crippen LogP) is -0.121. The Labute approximate surface area is 118 Å². The molecule has 1 aromatic rings. The van der Waals surface area contributed by atoms with Gasteiger partial charge in [0.05, 0.1) is 29.0 Å². The number of carbonyl (C=O) groups is 3. The maximum absolute atomic E-state index is 12.2. The van der Waals surface area contributed by atoms with Gasteiger partial charge in [-0.25, -0.2) is 4.79 Å². The van der Waals surface area contributed by atoms with E-state index in [0.717, 1.165) is 4.90 Å². The maximum Gasteiger partial charge on any atom is 0.326 e. The molecule has 3 N–H and O–H groups in total. The second-order valence-electron chi connectivity index (χ2n) is 4.52. The number of hydrogen-bond acceptors (Lipinski definition) is 5. The minimum atomic E-state index is -1.44. The standard InChI is InChI=1S/C12H11N3O6/c13-10(16)4-9(12(18)19)14-5-7-6(11(14)17)2-1-3-8(7)15(20)21/h1-3,9H,4-5H2,(H2,13,16)(H,18,19). The average Bonchev–Trinajstić information content (AvgIpc) is 2.72. The molecule has 0 radical (unpaired) electrons. The number of amides is 2. The Hall–Kier alpha value is -2.97. The molecular formula is C12H11N3O6. The highest BCUT2D eigenvalue weighted by atomic mass is 16.6. The van der Waals surface area contributed by atoms with E-state index in [1.165, 1.54) is 18.2 Å². The third kappa shape index (κ3) is 2.53. The molecule has 2 rings (SSSR count). The van der Waals surface area contributed by atoms with Crippen LogP contribution in [0, 0.1) is 10.1 Å². The van der Waals surface area contributed by atoms with Crippen LogP contribution >= 0.6 is 0 Å². The molecule has 1 aromatic carbocycles. The number of primary amides is 1. The fourth-order valence-corrected chi connectivity index (χ4v) is 2.28. The zero-order valence-corrected chi connectivity index (χ0v) is 10.7. The summed E-state index contributed by atoms with van der Waals surface area (Å²) in [4.78, 5) is 45.5. The number of rotatable bonds is 5. The fourth-order valence-electron chi connectivity index (χ4n) is 2.28. The lowest BCUT2D eigenvalue weighted by Gasteiger charge is -2.22. The van der Waals surface area contributed by atoms with E-state index in [0.29, 0.717) is 0 Å². The van der Waals surface area contributed by atoms with Gasteiger partial charge >= 0.3 is 5.97 Å². The monoisotopic (exact) mass is 293 g/mol. The van der Waals surface area contributed by atoms with Crippen molar-refractivity contribution in [1.82, 2.24) is 4.90 Å². The number of aliphatic carboxylic acids is 1. The van der Waals surface area contributed by atoms with Gasteiger partial charge in [0.15, 0.2) is 0 Å². The largest absolute Gasteiger partial charge is 0.480 e. The summed E-state index contributed by atoms with van der Waals surface area (Å²) < 4.78 is 0. The zero-order valence-electron chi connectivity index (χ0n) is 10.7. The van der Waals surface area contributed by atoms with Crippen molar-refractivity contribution in [2.75, 3.05) is 0 Å². The molecular weight excluding hydrogens is 282 g/mol. The first-order valence-corrected chi connectivity index (χ1v) is 5.91. The van der Waals surface area contributed by atoms with Crippen LogP contribution in [0.2, 0.25) is 0 Å². The number of benzene rings is 1. The third-order valence-corrected chi connectivity index (χ3v) is 3.22. The summed E-state index contributed by atoms with van der Waals surface area (Å²) in [6.45, 7) is -0.241. The molecule has 0 spiro atoms. The summed E-state index contributed by atoms with van der Waals surface area (Å²) in [5.74, 6) is -2.93. The van der Waals surface area contributed by atoms with Gasteiger partial charge in [-0.15, -0.1) is 0 Å². The van der Waals surface area contributed by atoms with Crippen molar-refractivity contribution >= 4 is 23.5 Å². The summed E-state index contributed by atoms with van der Waals surface area (Å²) in [6, 6.07) is 2.53. The quantitative estimate of drug-likeness (QED) is 0.572. The lowest BCUT2D eigenvalue weighted by molar-refractivity contribution is -0.385. The van der Waals surface area contributed by atoms with Gasteiger partial charge in [-0.05, 0) is 6.07 Å². The highest BCUT2D eigenvalue weighted by Gasteiger charge is 2.40. The summed E-state index contributed by atoms with van der Waals surface area (Å²) >= 11 is 0. The number of nitrogens with zero attached hydrogens (tertiary/aromatic N) is 2. The number of nitro groups is 1. The molecule has 21 heavy (non-hydrogen) atoms. The molecule has 1 unspecified atom stereocenters. The lowest BCUT2D eigenvalue weighted by atomic mass is 10.1. The van der Waals surface area contributed by atoms with E-state index >= 15 is 0 Å². The number of nitro benzene ring substituents is 1. The molecule has 0 saturated carbocycles. The fraction of sp³-hybridized carbons (Fsp3) is 0.250. The molecule has 1 aliphatic rings. The van der Waals surface area contributed by atoms with Gasteiger partial charge < -0.3 is 15.7 Å². The molecule has 2 amide bonds. The van der Waals surface area contributed by atoms with E-state index in [9.17, 15) is 24.5 Å². The van der Waals surface area contributed by atoms with Crippen LogP contribution in [0.15, 0.2) is 18.2 Å². The molecule has 0 aliphatic carbocycles. The van der Waals surface area contributed by atoms with Gasteiger partial charge in [0.2, 0.25) is 5.91 Å². The molecule has 1 aliphatic heterocycles. The second kappa shape index (κ2) is 5.19. The number of fused-ring (bicyclic) bond motifs is 1. The molecule has 0 fully saturated rings. The Morgan fingerprint density at radius 3 is 2.67 bits per heavy atom. The van der Waals surface area contributed by atoms with Crippen LogP contribution in [-0.4, -0.2) is 38.8 Å². The van der Waals surface area contributed by atoms with E-state index in [4.69, 9.17) is 10.8 Å². The van der Waals surface area contributed by atoms with Crippen LogP contribution in [0.3, 0.4) is 0 Å². The smallest absolute Gasteiger partial charge is 0.326 e. The van der Waals surface area contributed by atoms with Crippen molar-refractivity contribution in [3.8, 4) is 0 Å². The van der Waals surface area contributed by atoms with Crippen LogP contribution in [0.1, 0.15) is 22.3 Å². The molecule has 9 heteroatoms. The second-order valence-corrected chi connectivity index (χ2v) is 4.52. The minimum absolute atomic E-state index is 0.0694. The van der Waals surface area contributed by atoms with Crippen molar-refractivity contribution in [2.24, 2.45) is 5.73 Å². The first-order valence-electron chi connectivity index (χ1n) is 5.91. The summed E-state index contributed by atoms with van der Waals surface area (Å²) in [7, 11) is 0. The highest BCUT2D eigenvalue weighted by Crippen LogP contribution is 2.32. The average molecular weight is 293 g/mol. The van der Waals surface area contributed by atoms with E-state index in [1.54, 1.807) is 0 Å². The van der Waals surface area contributed by atoms with Gasteiger partial charge in [0.1, 0.15) is 6.04 Å². The molecule has 0 bridgehead atoms. The maximum atomic E-state index is 12.2. The van der Waals surface area contributed by atoms with Crippen molar-refractivity contribution < 1.29 is 24.4 Å². The van der Waals surface area contributed by atoms with E-state index in [1.807, 2.05) is 0 Å². The SMILES string of the molecule is NC(=O)CC(C(=O)O)N1Cc2c(cccc2[N+](=O)[O-])C1=O. The minimum Gasteiger partial charge on any atom is -0.480 e. The Bertz CT molecular complexity index is 656. The first kappa shape index (κ1) is 14.4. The van der Waals surface area contributed by atoms with Crippen molar-refractivity contribution in [3.63, 3.8) is 0 Å². The first-order chi connectivity index (χ1) is 9.82. The molecule has 9 nitrogen and oxygen atoms in total. The predicted molar refractivity (Wildman–Crippen MR) is 68.2 cm³/mol. The molecule has 1 atom stereocenters. The van der Waals surface area contributed by atoms with E-state index in [-0.39, 0.29) is 23.4 Å². The van der Waals surface area contributed by atoms with E-state index < -0.39 is 35.2 Å². The molecule has 110 valence electrons. The van der Waals surface area contributed by atoms with Crippen LogP contribution in [0.5, 0.6) is 0 Å². The van der Waals surface area contributed by atoms with Crippen molar-refractivity contribution in [1.29, 1.82) is 0 Å². The summed E-state index contributed by atoms with van der Waals surface area (Å²) in [5.41, 5.74) is 4.93. The van der Waals surface area contributed by atoms with Gasteiger partial charge in [0, 0.05) is 6.07 Å². The van der Waals surface area contributed by atoms with Crippen LogP contribution in [0.25, 0.3) is 0 Å². The van der Waals surface area contributed by atoms with Crippen LogP contribution < -0.4 is 5.73 Å². The zero-order chi connectivity index (χ0) is 15.7.